The molecule has 4 aromatic heterocycles. The zero-order chi connectivity index (χ0) is 44.7. The standard InChI is InChI=1S/C25H24N4O2.C19H19IN4O.C6H5BO.2H2O/c1-27-12-14-28(15-13-27)25(31)20-4-2-18(3-5-20)21-8-11-24-26-16-23(29(24)17-21)19-6-9-22(30)10-7-19;1-22-8-10-23(11-9-22)19(25)15-4-2-14(3-5-15)16-6-7-18-21-12-17(20)24(18)13-16;7-5-1-3-6(8)4-2-5;;/h2-11,16-17,30H,12-15H2,1H3;2-7,12-13H,8-11H2,1H3;1-4,8H;2*1H2. The SMILES string of the molecule is CN1CCN(C(=O)c2ccc(-c3ccc4ncc(-c5ccc(O)cc5)n4c3)cc2)CC1.CN1CCN(C(=O)c2ccc(-c3ccc4ncc(I)n4c3)cc2)CC1.O.O.[B]c1ccc(O)cc1. The minimum Gasteiger partial charge on any atom is -0.508 e. The summed E-state index contributed by atoms with van der Waals surface area (Å²) in [6.07, 6.45) is 7.84. The summed E-state index contributed by atoms with van der Waals surface area (Å²) >= 11 is 2.28. The van der Waals surface area contributed by atoms with Gasteiger partial charge in [-0.25, -0.2) is 9.97 Å². The number of imidazole rings is 2. The predicted molar refractivity (Wildman–Crippen MR) is 269 cm³/mol. The molecule has 2 amide bonds. The number of carbonyl (C=O) groups excluding carboxylic acids is 2. The van der Waals surface area contributed by atoms with Crippen molar-refractivity contribution in [2.45, 2.75) is 0 Å². The monoisotopic (exact) mass is 998 g/mol. The summed E-state index contributed by atoms with van der Waals surface area (Å²) in [6.45, 7) is 6.85. The molecule has 16 heteroatoms. The van der Waals surface area contributed by atoms with Crippen LogP contribution in [0.25, 0.3) is 44.8 Å². The van der Waals surface area contributed by atoms with Crippen molar-refractivity contribution in [3.63, 3.8) is 0 Å². The number of nitrogens with zero attached hydrogens (tertiary/aromatic N) is 8. The van der Waals surface area contributed by atoms with Crippen LogP contribution in [0.3, 0.4) is 0 Å². The van der Waals surface area contributed by atoms with Gasteiger partial charge in [0.25, 0.3) is 11.8 Å². The average Bonchev–Trinajstić information content (AvgIpc) is 3.93. The second-order valence-corrected chi connectivity index (χ2v) is 17.1. The molecule has 66 heavy (non-hydrogen) atoms. The number of benzene rings is 4. The number of piperazine rings is 2. The maximum Gasteiger partial charge on any atom is 0.253 e. The highest BCUT2D eigenvalue weighted by Gasteiger charge is 2.22. The van der Waals surface area contributed by atoms with E-state index in [4.69, 9.17) is 13.0 Å². The molecule has 8 aromatic rings. The van der Waals surface area contributed by atoms with E-state index in [1.807, 2.05) is 105 Å². The van der Waals surface area contributed by atoms with Crippen molar-refractivity contribution in [3.8, 4) is 45.0 Å². The van der Waals surface area contributed by atoms with Gasteiger partial charge in [0.1, 0.15) is 34.3 Å². The second-order valence-electron chi connectivity index (χ2n) is 16.0. The van der Waals surface area contributed by atoms with E-state index in [2.05, 4.69) is 79.3 Å². The minimum atomic E-state index is 0. The molecule has 0 saturated carbocycles. The largest absolute Gasteiger partial charge is 0.508 e. The molecule has 2 radical (unpaired) electrons. The van der Waals surface area contributed by atoms with Crippen LogP contribution >= 0.6 is 22.6 Å². The first kappa shape index (κ1) is 48.9. The fraction of sp³-hybridized carbons (Fsp3) is 0.200. The average molecular weight is 999 g/mol. The van der Waals surface area contributed by atoms with Crippen LogP contribution in [0.1, 0.15) is 20.7 Å². The third kappa shape index (κ3) is 11.6. The molecule has 10 rings (SSSR count). The molecule has 2 aliphatic heterocycles. The number of pyridine rings is 2. The van der Waals surface area contributed by atoms with Gasteiger partial charge in [0, 0.05) is 81.4 Å². The lowest BCUT2D eigenvalue weighted by molar-refractivity contribution is 0.0657. The van der Waals surface area contributed by atoms with Crippen molar-refractivity contribution in [2.24, 2.45) is 0 Å². The van der Waals surface area contributed by atoms with Crippen LogP contribution in [0, 0.1) is 3.70 Å². The number of fused-ring (bicyclic) bond motifs is 2. The number of amides is 2. The zero-order valence-corrected chi connectivity index (χ0v) is 38.9. The van der Waals surface area contributed by atoms with E-state index in [0.29, 0.717) is 5.46 Å². The minimum absolute atomic E-state index is 0. The van der Waals surface area contributed by atoms with Crippen LogP contribution in [0.2, 0.25) is 0 Å². The Morgan fingerprint density at radius 2 is 0.879 bits per heavy atom. The molecule has 2 fully saturated rings. The Morgan fingerprint density at radius 3 is 1.33 bits per heavy atom. The number of phenols is 2. The fourth-order valence-electron chi connectivity index (χ4n) is 7.59. The molecular weight excluding hydrogens is 946 g/mol. The van der Waals surface area contributed by atoms with Gasteiger partial charge in [-0.1, -0.05) is 41.9 Å². The summed E-state index contributed by atoms with van der Waals surface area (Å²) in [5.74, 6) is 0.710. The molecule has 6 heterocycles. The van der Waals surface area contributed by atoms with Gasteiger partial charge in [-0.3, -0.25) is 18.4 Å². The van der Waals surface area contributed by atoms with Gasteiger partial charge in [0.05, 0.1) is 18.1 Å². The maximum atomic E-state index is 12.8. The molecule has 0 atom stereocenters. The molecule has 338 valence electrons. The van der Waals surface area contributed by atoms with E-state index in [9.17, 15) is 14.7 Å². The molecular formula is C50H52BIN8O6. The van der Waals surface area contributed by atoms with E-state index >= 15 is 0 Å². The van der Waals surface area contributed by atoms with Crippen molar-refractivity contribution >= 4 is 59.0 Å². The fourth-order valence-corrected chi connectivity index (χ4v) is 8.11. The Morgan fingerprint density at radius 1 is 0.500 bits per heavy atom. The molecule has 2 aliphatic rings. The van der Waals surface area contributed by atoms with E-state index in [1.165, 1.54) is 0 Å². The zero-order valence-electron chi connectivity index (χ0n) is 36.8. The van der Waals surface area contributed by atoms with Crippen molar-refractivity contribution in [1.82, 2.24) is 38.4 Å². The quantitative estimate of drug-likeness (QED) is 0.172. The summed E-state index contributed by atoms with van der Waals surface area (Å²) in [6, 6.07) is 37.3. The summed E-state index contributed by atoms with van der Waals surface area (Å²) in [5, 5.41) is 18.3. The first-order valence-electron chi connectivity index (χ1n) is 21.1. The Kier molecular flexibility index (Phi) is 16.4. The molecule has 0 unspecified atom stereocenters. The summed E-state index contributed by atoms with van der Waals surface area (Å²) in [7, 11) is 9.49. The van der Waals surface area contributed by atoms with Gasteiger partial charge in [-0.05, 0) is 144 Å². The highest BCUT2D eigenvalue weighted by Crippen LogP contribution is 2.27. The molecule has 14 nitrogen and oxygen atoms in total. The van der Waals surface area contributed by atoms with Crippen molar-refractivity contribution in [2.75, 3.05) is 66.5 Å². The number of hydrogen-bond donors (Lipinski definition) is 2. The van der Waals surface area contributed by atoms with Gasteiger partial charge in [-0.15, -0.1) is 0 Å². The molecule has 0 bridgehead atoms. The Bertz CT molecular complexity index is 2840. The van der Waals surface area contributed by atoms with Crippen LogP contribution in [-0.4, -0.2) is 146 Å². The van der Waals surface area contributed by atoms with E-state index < -0.39 is 0 Å². The highest BCUT2D eigenvalue weighted by molar-refractivity contribution is 14.1. The van der Waals surface area contributed by atoms with Gasteiger partial charge < -0.3 is 40.8 Å². The summed E-state index contributed by atoms with van der Waals surface area (Å²) < 4.78 is 5.20. The third-order valence-electron chi connectivity index (χ3n) is 11.5. The smallest absolute Gasteiger partial charge is 0.253 e. The Hall–Kier alpha value is -6.57. The summed E-state index contributed by atoms with van der Waals surface area (Å²) in [4.78, 5) is 42.6. The maximum absolute atomic E-state index is 12.8. The number of halogens is 1. The molecule has 0 spiro atoms. The first-order valence-corrected chi connectivity index (χ1v) is 22.2. The van der Waals surface area contributed by atoms with Crippen LogP contribution in [0.15, 0.2) is 146 Å². The second kappa shape index (κ2) is 22.1. The number of carbonyl (C=O) groups is 2. The van der Waals surface area contributed by atoms with Gasteiger partial charge >= 0.3 is 0 Å². The van der Waals surface area contributed by atoms with Crippen molar-refractivity contribution < 1.29 is 30.8 Å². The number of aromatic nitrogens is 4. The first-order chi connectivity index (χ1) is 31.0. The third-order valence-corrected chi connectivity index (χ3v) is 12.3. The molecule has 6 N–H and O–H groups in total. The lowest BCUT2D eigenvalue weighted by atomic mass is 9.97. The Balaban J connectivity index is 0.000000185. The number of aromatic hydroxyl groups is 2. The normalized spacial score (nSPS) is 14.0. The van der Waals surface area contributed by atoms with Gasteiger partial charge in [0.15, 0.2) is 0 Å². The van der Waals surface area contributed by atoms with E-state index in [-0.39, 0.29) is 34.3 Å². The number of likely N-dealkylation sites (N-methyl/N-ethyl adjacent to an activating group) is 2. The van der Waals surface area contributed by atoms with E-state index in [0.717, 1.165) is 112 Å². The topological polar surface area (TPSA) is 185 Å². The lowest BCUT2D eigenvalue weighted by Gasteiger charge is -2.32. The summed E-state index contributed by atoms with van der Waals surface area (Å²) in [5.41, 5.74) is 10.2. The highest BCUT2D eigenvalue weighted by atomic mass is 127. The van der Waals surface area contributed by atoms with Gasteiger partial charge in [-0.2, -0.15) is 0 Å². The lowest BCUT2D eigenvalue weighted by Crippen LogP contribution is -2.47. The predicted octanol–water partition coefficient (Wildman–Crippen LogP) is 5.29. The number of hydrogen-bond acceptors (Lipinski definition) is 8. The van der Waals surface area contributed by atoms with E-state index in [1.54, 1.807) is 36.4 Å². The van der Waals surface area contributed by atoms with Crippen LogP contribution in [0.4, 0.5) is 0 Å². The van der Waals surface area contributed by atoms with Crippen molar-refractivity contribution in [3.05, 3.63) is 161 Å². The molecule has 4 aromatic carbocycles. The van der Waals surface area contributed by atoms with Gasteiger partial charge in [0.2, 0.25) is 0 Å². The molecule has 2 saturated heterocycles. The number of rotatable bonds is 5. The Labute approximate surface area is 398 Å². The van der Waals surface area contributed by atoms with Crippen LogP contribution in [-0.2, 0) is 0 Å². The van der Waals surface area contributed by atoms with Crippen LogP contribution < -0.4 is 5.46 Å². The molecule has 0 aliphatic carbocycles. The van der Waals surface area contributed by atoms with Crippen LogP contribution in [0.5, 0.6) is 11.5 Å². The number of phenolic OH excluding ortho intramolecular Hbond substituents is 2. The van der Waals surface area contributed by atoms with Crippen molar-refractivity contribution in [1.29, 1.82) is 0 Å².